The number of benzene rings is 1. The molecule has 1 rings (SSSR count). The Labute approximate surface area is 113 Å². The van der Waals surface area contributed by atoms with E-state index in [1.165, 1.54) is 0 Å². The van der Waals surface area contributed by atoms with Gasteiger partial charge in [-0.25, -0.2) is 0 Å². The van der Waals surface area contributed by atoms with Crippen molar-refractivity contribution < 1.29 is 9.90 Å². The predicted octanol–water partition coefficient (Wildman–Crippen LogP) is 3.47. The number of carboxylic acids is 1. The lowest BCUT2D eigenvalue weighted by Gasteiger charge is -2.19. The molecule has 3 nitrogen and oxygen atoms in total. The lowest BCUT2D eigenvalue weighted by atomic mass is 10.0. The Morgan fingerprint density at radius 1 is 1.50 bits per heavy atom. The van der Waals surface area contributed by atoms with Gasteiger partial charge in [0.05, 0.1) is 16.6 Å². The number of anilines is 1. The number of aliphatic carboxylic acids is 1. The summed E-state index contributed by atoms with van der Waals surface area (Å²) >= 11 is 8.22. The van der Waals surface area contributed by atoms with E-state index < -0.39 is 11.9 Å². The lowest BCUT2D eigenvalue weighted by Crippen LogP contribution is -2.29. The normalized spacial score (nSPS) is 14.2. The molecule has 0 aliphatic carbocycles. The molecule has 1 aromatic rings. The van der Waals surface area contributed by atoms with Crippen LogP contribution in [-0.2, 0) is 4.79 Å². The minimum atomic E-state index is -0.818. The fraction of sp³-hybridized carbons (Fsp3) is 0.364. The molecule has 16 heavy (non-hydrogen) atoms. The van der Waals surface area contributed by atoms with E-state index in [2.05, 4.69) is 27.9 Å². The maximum Gasteiger partial charge on any atom is 0.308 e. The molecule has 5 heteroatoms. The third-order valence-corrected chi connectivity index (χ3v) is 3.44. The van der Waals surface area contributed by atoms with Crippen LogP contribution in [-0.4, -0.2) is 17.1 Å². The van der Waals surface area contributed by atoms with Crippen LogP contribution < -0.4 is 5.32 Å². The maximum atomic E-state index is 10.8. The highest BCUT2D eigenvalue weighted by atomic mass is 127. The van der Waals surface area contributed by atoms with Gasteiger partial charge in [-0.05, 0) is 54.6 Å². The van der Waals surface area contributed by atoms with Crippen LogP contribution in [0.25, 0.3) is 0 Å². The van der Waals surface area contributed by atoms with E-state index in [0.717, 1.165) is 9.26 Å². The van der Waals surface area contributed by atoms with Crippen LogP contribution in [0.4, 0.5) is 5.69 Å². The quantitative estimate of drug-likeness (QED) is 0.815. The summed E-state index contributed by atoms with van der Waals surface area (Å²) in [7, 11) is 0. The van der Waals surface area contributed by atoms with E-state index in [1.807, 2.05) is 25.1 Å². The summed E-state index contributed by atoms with van der Waals surface area (Å²) in [6.07, 6.45) is 0. The summed E-state index contributed by atoms with van der Waals surface area (Å²) in [6, 6.07) is 5.44. The van der Waals surface area contributed by atoms with Gasteiger partial charge in [0, 0.05) is 9.61 Å². The van der Waals surface area contributed by atoms with Gasteiger partial charge in [0.15, 0.2) is 0 Å². The van der Waals surface area contributed by atoms with Gasteiger partial charge in [-0.2, -0.15) is 0 Å². The molecule has 0 radical (unpaired) electrons. The van der Waals surface area contributed by atoms with Crippen LogP contribution in [0, 0.1) is 9.49 Å². The zero-order valence-corrected chi connectivity index (χ0v) is 11.9. The average molecular weight is 354 g/mol. The van der Waals surface area contributed by atoms with Gasteiger partial charge < -0.3 is 10.4 Å². The minimum Gasteiger partial charge on any atom is -0.481 e. The highest BCUT2D eigenvalue weighted by Gasteiger charge is 2.19. The van der Waals surface area contributed by atoms with Crippen molar-refractivity contribution in [2.75, 3.05) is 5.32 Å². The van der Waals surface area contributed by atoms with E-state index in [1.54, 1.807) is 6.92 Å². The van der Waals surface area contributed by atoms with Crippen molar-refractivity contribution in [3.05, 3.63) is 26.8 Å². The van der Waals surface area contributed by atoms with Gasteiger partial charge in [-0.15, -0.1) is 0 Å². The van der Waals surface area contributed by atoms with Crippen LogP contribution in [0.5, 0.6) is 0 Å². The van der Waals surface area contributed by atoms with Crippen LogP contribution in [0.3, 0.4) is 0 Å². The summed E-state index contributed by atoms with van der Waals surface area (Å²) in [5.74, 6) is -1.28. The van der Waals surface area contributed by atoms with Gasteiger partial charge in [0.2, 0.25) is 0 Å². The number of rotatable bonds is 4. The number of carboxylic acid groups (broad SMARTS) is 1. The third kappa shape index (κ3) is 3.52. The molecule has 0 bridgehead atoms. The standard InChI is InChI=1S/C11H13ClINO2/c1-6(11(15)16)7(2)14-10-4-3-8(13)5-9(10)12/h3-7,14H,1-2H3,(H,15,16). The summed E-state index contributed by atoms with van der Waals surface area (Å²) in [5, 5.41) is 12.6. The van der Waals surface area contributed by atoms with Gasteiger partial charge >= 0.3 is 5.97 Å². The lowest BCUT2D eigenvalue weighted by molar-refractivity contribution is -0.141. The second kappa shape index (κ2) is 5.72. The van der Waals surface area contributed by atoms with Gasteiger partial charge in [-0.1, -0.05) is 11.6 Å². The SMILES string of the molecule is CC(Nc1ccc(I)cc1Cl)C(C)C(=O)O. The first-order valence-corrected chi connectivity index (χ1v) is 6.32. The van der Waals surface area contributed by atoms with Crippen molar-refractivity contribution in [3.63, 3.8) is 0 Å². The number of nitrogens with one attached hydrogen (secondary N) is 1. The topological polar surface area (TPSA) is 49.3 Å². The molecule has 88 valence electrons. The van der Waals surface area contributed by atoms with E-state index in [0.29, 0.717) is 5.02 Å². The molecule has 0 aliphatic heterocycles. The first kappa shape index (κ1) is 13.6. The smallest absolute Gasteiger partial charge is 0.308 e. The van der Waals surface area contributed by atoms with Crippen LogP contribution in [0.1, 0.15) is 13.8 Å². The fourth-order valence-corrected chi connectivity index (χ4v) is 2.10. The summed E-state index contributed by atoms with van der Waals surface area (Å²) < 4.78 is 1.05. The summed E-state index contributed by atoms with van der Waals surface area (Å²) in [5.41, 5.74) is 0.766. The number of hydrogen-bond donors (Lipinski definition) is 2. The molecule has 2 N–H and O–H groups in total. The van der Waals surface area contributed by atoms with E-state index in [-0.39, 0.29) is 6.04 Å². The zero-order chi connectivity index (χ0) is 12.3. The van der Waals surface area contributed by atoms with Crippen LogP contribution in [0.2, 0.25) is 5.02 Å². The van der Waals surface area contributed by atoms with Crippen LogP contribution in [0.15, 0.2) is 18.2 Å². The van der Waals surface area contributed by atoms with Crippen molar-refractivity contribution in [2.45, 2.75) is 19.9 Å². The fourth-order valence-electron chi connectivity index (χ4n) is 1.19. The van der Waals surface area contributed by atoms with E-state index in [4.69, 9.17) is 16.7 Å². The molecule has 0 heterocycles. The third-order valence-electron chi connectivity index (χ3n) is 2.45. The summed E-state index contributed by atoms with van der Waals surface area (Å²) in [6.45, 7) is 3.49. The predicted molar refractivity (Wildman–Crippen MR) is 74.1 cm³/mol. The molecule has 0 aromatic heterocycles. The number of halogens is 2. The van der Waals surface area contributed by atoms with Crippen molar-refractivity contribution in [2.24, 2.45) is 5.92 Å². The van der Waals surface area contributed by atoms with E-state index >= 15 is 0 Å². The molecular weight excluding hydrogens is 340 g/mol. The largest absolute Gasteiger partial charge is 0.481 e. The number of hydrogen-bond acceptors (Lipinski definition) is 2. The Kier molecular flexibility index (Phi) is 4.86. The van der Waals surface area contributed by atoms with Crippen molar-refractivity contribution in [1.82, 2.24) is 0 Å². The molecule has 0 spiro atoms. The van der Waals surface area contributed by atoms with Crippen molar-refractivity contribution >= 4 is 45.8 Å². The maximum absolute atomic E-state index is 10.8. The highest BCUT2D eigenvalue weighted by Crippen LogP contribution is 2.25. The molecule has 0 fully saturated rings. The highest BCUT2D eigenvalue weighted by molar-refractivity contribution is 14.1. The Balaban J connectivity index is 2.77. The first-order valence-electron chi connectivity index (χ1n) is 4.86. The molecule has 2 atom stereocenters. The monoisotopic (exact) mass is 353 g/mol. The minimum absolute atomic E-state index is 0.171. The van der Waals surface area contributed by atoms with Crippen LogP contribution >= 0.6 is 34.2 Å². The summed E-state index contributed by atoms with van der Waals surface area (Å²) in [4.78, 5) is 10.8. The molecule has 2 unspecified atom stereocenters. The zero-order valence-electron chi connectivity index (χ0n) is 9.00. The second-order valence-electron chi connectivity index (χ2n) is 3.68. The van der Waals surface area contributed by atoms with Crippen molar-refractivity contribution in [1.29, 1.82) is 0 Å². The van der Waals surface area contributed by atoms with Gasteiger partial charge in [0.1, 0.15) is 0 Å². The van der Waals surface area contributed by atoms with Crippen molar-refractivity contribution in [3.8, 4) is 0 Å². The Morgan fingerprint density at radius 2 is 2.12 bits per heavy atom. The van der Waals surface area contributed by atoms with E-state index in [9.17, 15) is 4.79 Å². The molecule has 1 aromatic carbocycles. The Hall–Kier alpha value is -0.490. The van der Waals surface area contributed by atoms with Gasteiger partial charge in [-0.3, -0.25) is 4.79 Å². The van der Waals surface area contributed by atoms with Gasteiger partial charge in [0.25, 0.3) is 0 Å². The Bertz CT molecular complexity index is 398. The second-order valence-corrected chi connectivity index (χ2v) is 5.34. The first-order chi connectivity index (χ1) is 7.41. The molecule has 0 aliphatic rings. The molecule has 0 saturated carbocycles. The molecule has 0 saturated heterocycles. The average Bonchev–Trinajstić information content (AvgIpc) is 2.20. The number of carbonyl (C=O) groups is 1. The molecule has 0 amide bonds. The Morgan fingerprint density at radius 3 is 2.62 bits per heavy atom. The molecular formula is C11H13ClINO2.